The van der Waals surface area contributed by atoms with Gasteiger partial charge in [0.05, 0.1) is 6.54 Å². The lowest BCUT2D eigenvalue weighted by Gasteiger charge is -2.40. The maximum Gasteiger partial charge on any atom is 0.245 e. The molecule has 146 valence electrons. The van der Waals surface area contributed by atoms with E-state index in [0.29, 0.717) is 31.1 Å². The molecule has 0 radical (unpaired) electrons. The molecular weight excluding hydrogens is 364 g/mol. The molecule has 27 heavy (non-hydrogen) atoms. The van der Waals surface area contributed by atoms with Crippen LogP contribution in [0.5, 0.6) is 0 Å². The number of para-hydroxylation sites is 1. The van der Waals surface area contributed by atoms with Gasteiger partial charge < -0.3 is 14.8 Å². The zero-order valence-electron chi connectivity index (χ0n) is 15.8. The number of hydrogen-bond acceptors (Lipinski definition) is 4. The van der Waals surface area contributed by atoms with Gasteiger partial charge >= 0.3 is 0 Å². The molecule has 2 saturated heterocycles. The van der Waals surface area contributed by atoms with Crippen LogP contribution in [0.15, 0.2) is 29.2 Å². The standard InChI is InChI=1S/C19H26N4O3S/c1-14-19(16-7-3-4-8-17(16)21(14)2)27(25,26)22-10-5-6-15(13-22)23-11-9-20-12-18(23)24/h3-4,7-8,15,20H,5-6,9-13H2,1-2H3. The average Bonchev–Trinajstić information content (AvgIpc) is 2.94. The Labute approximate surface area is 160 Å². The maximum absolute atomic E-state index is 13.5. The number of aromatic nitrogens is 1. The van der Waals surface area contributed by atoms with Gasteiger partial charge in [-0.3, -0.25) is 4.79 Å². The summed E-state index contributed by atoms with van der Waals surface area (Å²) in [6.07, 6.45) is 1.62. The molecule has 0 bridgehead atoms. The first-order valence-electron chi connectivity index (χ1n) is 9.45. The lowest BCUT2D eigenvalue weighted by atomic mass is 10.1. The zero-order valence-corrected chi connectivity index (χ0v) is 16.6. The van der Waals surface area contributed by atoms with Crippen molar-refractivity contribution in [2.45, 2.75) is 30.7 Å². The summed E-state index contributed by atoms with van der Waals surface area (Å²) in [5, 5.41) is 3.84. The van der Waals surface area contributed by atoms with Crippen molar-refractivity contribution in [2.75, 3.05) is 32.7 Å². The predicted octanol–water partition coefficient (Wildman–Crippen LogP) is 1.07. The Balaban J connectivity index is 1.68. The van der Waals surface area contributed by atoms with Crippen LogP contribution in [-0.2, 0) is 21.9 Å². The van der Waals surface area contributed by atoms with Gasteiger partial charge in [0.2, 0.25) is 15.9 Å². The van der Waals surface area contributed by atoms with Gasteiger partial charge in [-0.1, -0.05) is 18.2 Å². The Morgan fingerprint density at radius 2 is 1.96 bits per heavy atom. The van der Waals surface area contributed by atoms with Crippen LogP contribution < -0.4 is 5.32 Å². The number of rotatable bonds is 3. The monoisotopic (exact) mass is 390 g/mol. The molecular formula is C19H26N4O3S. The van der Waals surface area contributed by atoms with Gasteiger partial charge in [-0.05, 0) is 25.8 Å². The third kappa shape index (κ3) is 3.05. The van der Waals surface area contributed by atoms with Crippen molar-refractivity contribution in [1.29, 1.82) is 0 Å². The number of piperazine rings is 1. The smallest absolute Gasteiger partial charge is 0.245 e. The average molecular weight is 391 g/mol. The minimum absolute atomic E-state index is 0.0431. The molecule has 2 aliphatic heterocycles. The maximum atomic E-state index is 13.5. The summed E-state index contributed by atoms with van der Waals surface area (Å²) < 4.78 is 30.6. The highest BCUT2D eigenvalue weighted by molar-refractivity contribution is 7.89. The Bertz CT molecular complexity index is 982. The molecule has 3 heterocycles. The van der Waals surface area contributed by atoms with Crippen LogP contribution in [0.25, 0.3) is 10.9 Å². The summed E-state index contributed by atoms with van der Waals surface area (Å²) in [6, 6.07) is 7.57. The molecule has 4 rings (SSSR count). The fraction of sp³-hybridized carbons (Fsp3) is 0.526. The van der Waals surface area contributed by atoms with E-state index >= 15 is 0 Å². The van der Waals surface area contributed by atoms with Crippen molar-refractivity contribution in [3.63, 3.8) is 0 Å². The van der Waals surface area contributed by atoms with Crippen molar-refractivity contribution < 1.29 is 13.2 Å². The normalized spacial score (nSPS) is 22.5. The van der Waals surface area contributed by atoms with Gasteiger partial charge in [0.25, 0.3) is 0 Å². The lowest BCUT2D eigenvalue weighted by molar-refractivity contribution is -0.135. The highest BCUT2D eigenvalue weighted by Gasteiger charge is 2.37. The molecule has 2 aliphatic rings. The van der Waals surface area contributed by atoms with Crippen molar-refractivity contribution in [2.24, 2.45) is 7.05 Å². The van der Waals surface area contributed by atoms with Crippen LogP contribution in [0.3, 0.4) is 0 Å². The van der Waals surface area contributed by atoms with Gasteiger partial charge in [-0.25, -0.2) is 8.42 Å². The van der Waals surface area contributed by atoms with Crippen molar-refractivity contribution in [3.8, 4) is 0 Å². The number of benzene rings is 1. The van der Waals surface area contributed by atoms with Crippen molar-refractivity contribution in [1.82, 2.24) is 19.1 Å². The predicted molar refractivity (Wildman–Crippen MR) is 104 cm³/mol. The second-order valence-electron chi connectivity index (χ2n) is 7.41. The summed E-state index contributed by atoms with van der Waals surface area (Å²) in [7, 11) is -1.73. The summed E-state index contributed by atoms with van der Waals surface area (Å²) in [5.74, 6) is 0.0619. The van der Waals surface area contributed by atoms with Crippen LogP contribution >= 0.6 is 0 Å². The molecule has 0 spiro atoms. The van der Waals surface area contributed by atoms with E-state index < -0.39 is 10.0 Å². The van der Waals surface area contributed by atoms with E-state index in [1.165, 1.54) is 0 Å². The highest BCUT2D eigenvalue weighted by atomic mass is 32.2. The number of fused-ring (bicyclic) bond motifs is 1. The topological polar surface area (TPSA) is 74.7 Å². The summed E-state index contributed by atoms with van der Waals surface area (Å²) in [5.41, 5.74) is 1.66. The van der Waals surface area contributed by atoms with Crippen LogP contribution in [0.4, 0.5) is 0 Å². The van der Waals surface area contributed by atoms with Crippen LogP contribution in [0.2, 0.25) is 0 Å². The first-order chi connectivity index (χ1) is 12.9. The van der Waals surface area contributed by atoms with E-state index in [0.717, 1.165) is 36.0 Å². The van der Waals surface area contributed by atoms with E-state index in [1.54, 1.807) is 4.31 Å². The first kappa shape index (κ1) is 18.5. The molecule has 1 aromatic heterocycles. The Morgan fingerprint density at radius 3 is 2.74 bits per heavy atom. The molecule has 0 saturated carbocycles. The zero-order chi connectivity index (χ0) is 19.2. The number of piperidine rings is 1. The second kappa shape index (κ2) is 6.92. The molecule has 1 N–H and O–H groups in total. The molecule has 1 atom stereocenters. The largest absolute Gasteiger partial charge is 0.347 e. The molecule has 1 aromatic carbocycles. The van der Waals surface area contributed by atoms with Crippen molar-refractivity contribution in [3.05, 3.63) is 30.0 Å². The molecule has 0 aliphatic carbocycles. The number of sulfonamides is 1. The molecule has 2 aromatic rings. The summed E-state index contributed by atoms with van der Waals surface area (Å²) >= 11 is 0. The Kier molecular flexibility index (Phi) is 4.73. The minimum atomic E-state index is -3.63. The lowest BCUT2D eigenvalue weighted by Crippen LogP contribution is -2.57. The van der Waals surface area contributed by atoms with Gasteiger partial charge in [0.1, 0.15) is 4.90 Å². The quantitative estimate of drug-likeness (QED) is 0.851. The van der Waals surface area contributed by atoms with Crippen LogP contribution in [0, 0.1) is 6.92 Å². The number of nitrogens with zero attached hydrogens (tertiary/aromatic N) is 3. The van der Waals surface area contributed by atoms with Crippen LogP contribution in [-0.4, -0.2) is 66.9 Å². The van der Waals surface area contributed by atoms with Crippen LogP contribution in [0.1, 0.15) is 18.5 Å². The number of amides is 1. The van der Waals surface area contributed by atoms with Gasteiger partial charge in [0.15, 0.2) is 0 Å². The molecule has 2 fully saturated rings. The van der Waals surface area contributed by atoms with E-state index in [1.807, 2.05) is 47.7 Å². The summed E-state index contributed by atoms with van der Waals surface area (Å²) in [6.45, 7) is 4.47. The number of carbonyl (C=O) groups is 1. The molecule has 8 heteroatoms. The molecule has 7 nitrogen and oxygen atoms in total. The van der Waals surface area contributed by atoms with E-state index in [9.17, 15) is 13.2 Å². The van der Waals surface area contributed by atoms with E-state index in [4.69, 9.17) is 0 Å². The second-order valence-corrected chi connectivity index (χ2v) is 9.29. The minimum Gasteiger partial charge on any atom is -0.347 e. The van der Waals surface area contributed by atoms with E-state index in [2.05, 4.69) is 5.32 Å². The number of carbonyl (C=O) groups excluding carboxylic acids is 1. The number of hydrogen-bond donors (Lipinski definition) is 1. The van der Waals surface area contributed by atoms with E-state index in [-0.39, 0.29) is 11.9 Å². The fourth-order valence-corrected chi connectivity index (χ4v) is 6.30. The van der Waals surface area contributed by atoms with Gasteiger partial charge in [-0.2, -0.15) is 4.31 Å². The Morgan fingerprint density at radius 1 is 1.19 bits per heavy atom. The van der Waals surface area contributed by atoms with Gasteiger partial charge in [-0.15, -0.1) is 0 Å². The molecule has 1 unspecified atom stereocenters. The Hall–Kier alpha value is -1.90. The summed E-state index contributed by atoms with van der Waals surface area (Å²) in [4.78, 5) is 14.5. The SMILES string of the molecule is Cc1c(S(=O)(=O)N2CCCC(N3CCNCC3=O)C2)c2ccccc2n1C. The van der Waals surface area contributed by atoms with Gasteiger partial charge in [0, 0.05) is 55.9 Å². The highest BCUT2D eigenvalue weighted by Crippen LogP contribution is 2.32. The number of aryl methyl sites for hydroxylation is 1. The first-order valence-corrected chi connectivity index (χ1v) is 10.9. The number of nitrogens with one attached hydrogen (secondary N) is 1. The third-order valence-corrected chi connectivity index (χ3v) is 7.91. The van der Waals surface area contributed by atoms with Crippen molar-refractivity contribution >= 4 is 26.8 Å². The fourth-order valence-electron chi connectivity index (χ4n) is 4.34. The third-order valence-electron chi connectivity index (χ3n) is 5.87. The molecule has 1 amide bonds.